The predicted molar refractivity (Wildman–Crippen MR) is 42.1 cm³/mol. The number of hydrogen-bond donors (Lipinski definition) is 1. The standard InChI is InChI=1S/C9H10O/c1-2-3-4-5-6-7-8-9-10/h1,5-6,10H,7-9H2/b6-5+. The third-order valence-corrected chi connectivity index (χ3v) is 0.874. The largest absolute Gasteiger partial charge is 0.396 e. The Kier molecular flexibility index (Phi) is 6.90. The lowest BCUT2D eigenvalue weighted by Crippen LogP contribution is -1.77. The molecule has 0 unspecified atom stereocenters. The van der Waals surface area contributed by atoms with Crippen molar-refractivity contribution in [1.29, 1.82) is 0 Å². The first kappa shape index (κ1) is 8.82. The molecule has 0 saturated carbocycles. The third kappa shape index (κ3) is 6.82. The van der Waals surface area contributed by atoms with Gasteiger partial charge in [0.25, 0.3) is 0 Å². The molecule has 1 N–H and O–H groups in total. The molecule has 0 aliphatic rings. The van der Waals surface area contributed by atoms with Gasteiger partial charge in [0.1, 0.15) is 0 Å². The topological polar surface area (TPSA) is 20.2 Å². The fourth-order valence-electron chi connectivity index (χ4n) is 0.435. The van der Waals surface area contributed by atoms with Crippen molar-refractivity contribution in [3.63, 3.8) is 0 Å². The highest BCUT2D eigenvalue weighted by molar-refractivity contribution is 5.27. The van der Waals surface area contributed by atoms with Crippen LogP contribution in [0.1, 0.15) is 12.8 Å². The van der Waals surface area contributed by atoms with E-state index in [0.717, 1.165) is 12.8 Å². The van der Waals surface area contributed by atoms with Crippen LogP contribution in [0.3, 0.4) is 0 Å². The fourth-order valence-corrected chi connectivity index (χ4v) is 0.435. The van der Waals surface area contributed by atoms with Gasteiger partial charge in [0.05, 0.1) is 0 Å². The van der Waals surface area contributed by atoms with Crippen molar-refractivity contribution in [3.8, 4) is 24.2 Å². The minimum absolute atomic E-state index is 0.229. The van der Waals surface area contributed by atoms with Crippen LogP contribution in [-0.4, -0.2) is 11.7 Å². The van der Waals surface area contributed by atoms with E-state index in [1.54, 1.807) is 6.08 Å². The summed E-state index contributed by atoms with van der Waals surface area (Å²) in [6.07, 6.45) is 10.1. The van der Waals surface area contributed by atoms with Gasteiger partial charge in [-0.25, -0.2) is 0 Å². The zero-order chi connectivity index (χ0) is 7.66. The van der Waals surface area contributed by atoms with Gasteiger partial charge >= 0.3 is 0 Å². The minimum Gasteiger partial charge on any atom is -0.396 e. The molecule has 0 heterocycles. The van der Waals surface area contributed by atoms with Crippen molar-refractivity contribution in [3.05, 3.63) is 12.2 Å². The smallest absolute Gasteiger partial charge is 0.0433 e. The molecule has 10 heavy (non-hydrogen) atoms. The highest BCUT2D eigenvalue weighted by Gasteiger charge is 1.75. The van der Waals surface area contributed by atoms with E-state index in [0.29, 0.717) is 0 Å². The molecular weight excluding hydrogens is 124 g/mol. The van der Waals surface area contributed by atoms with E-state index in [-0.39, 0.29) is 6.61 Å². The molecule has 0 aliphatic heterocycles. The summed E-state index contributed by atoms with van der Waals surface area (Å²) in [5, 5.41) is 8.37. The van der Waals surface area contributed by atoms with Crippen molar-refractivity contribution in [2.75, 3.05) is 6.61 Å². The van der Waals surface area contributed by atoms with Gasteiger partial charge in [-0.05, 0) is 30.8 Å². The molecule has 0 amide bonds. The Hall–Kier alpha value is -1.18. The van der Waals surface area contributed by atoms with Crippen LogP contribution in [-0.2, 0) is 0 Å². The van der Waals surface area contributed by atoms with Crippen LogP contribution in [0.5, 0.6) is 0 Å². The van der Waals surface area contributed by atoms with Gasteiger partial charge in [-0.3, -0.25) is 0 Å². The number of allylic oxidation sites excluding steroid dienone is 2. The molecule has 52 valence electrons. The molecule has 0 spiro atoms. The SMILES string of the molecule is C#CC#C/C=C/CCCO. The zero-order valence-electron chi connectivity index (χ0n) is 5.80. The van der Waals surface area contributed by atoms with Gasteiger partial charge in [0.15, 0.2) is 0 Å². The second-order valence-corrected chi connectivity index (χ2v) is 1.68. The van der Waals surface area contributed by atoms with E-state index >= 15 is 0 Å². The first-order valence-corrected chi connectivity index (χ1v) is 3.14. The summed E-state index contributed by atoms with van der Waals surface area (Å²) < 4.78 is 0. The molecule has 0 radical (unpaired) electrons. The molecule has 1 heteroatoms. The molecular formula is C9H10O. The zero-order valence-corrected chi connectivity index (χ0v) is 5.80. The molecule has 0 saturated heterocycles. The number of aliphatic hydroxyl groups is 1. The van der Waals surface area contributed by atoms with Crippen LogP contribution in [0.2, 0.25) is 0 Å². The van der Waals surface area contributed by atoms with Crippen LogP contribution in [0.25, 0.3) is 0 Å². The van der Waals surface area contributed by atoms with Crippen LogP contribution in [0, 0.1) is 24.2 Å². The van der Waals surface area contributed by atoms with Crippen molar-refractivity contribution >= 4 is 0 Å². The van der Waals surface area contributed by atoms with Gasteiger partial charge in [-0.15, -0.1) is 6.42 Å². The van der Waals surface area contributed by atoms with E-state index in [2.05, 4.69) is 17.8 Å². The van der Waals surface area contributed by atoms with E-state index in [1.807, 2.05) is 6.08 Å². The molecule has 0 atom stereocenters. The Bertz CT molecular complexity index is 185. The lowest BCUT2D eigenvalue weighted by atomic mass is 10.3. The van der Waals surface area contributed by atoms with Gasteiger partial charge < -0.3 is 5.11 Å². The fraction of sp³-hybridized carbons (Fsp3) is 0.333. The summed E-state index contributed by atoms with van der Waals surface area (Å²) in [6, 6.07) is 0. The highest BCUT2D eigenvalue weighted by Crippen LogP contribution is 1.87. The van der Waals surface area contributed by atoms with Crippen molar-refractivity contribution in [2.45, 2.75) is 12.8 Å². The van der Waals surface area contributed by atoms with Crippen LogP contribution in [0.4, 0.5) is 0 Å². The van der Waals surface area contributed by atoms with E-state index < -0.39 is 0 Å². The number of rotatable bonds is 3. The molecule has 0 aliphatic carbocycles. The van der Waals surface area contributed by atoms with Crippen LogP contribution in [0.15, 0.2) is 12.2 Å². The first-order chi connectivity index (χ1) is 4.91. The first-order valence-electron chi connectivity index (χ1n) is 3.14. The lowest BCUT2D eigenvalue weighted by molar-refractivity contribution is 0.289. The Morgan fingerprint density at radius 3 is 2.90 bits per heavy atom. The highest BCUT2D eigenvalue weighted by atomic mass is 16.2. The maximum atomic E-state index is 8.37. The molecule has 0 rings (SSSR count). The summed E-state index contributed by atoms with van der Waals surface area (Å²) in [4.78, 5) is 0. The summed E-state index contributed by atoms with van der Waals surface area (Å²) in [7, 11) is 0. The Labute approximate surface area is 61.8 Å². The normalized spacial score (nSPS) is 8.40. The Morgan fingerprint density at radius 1 is 1.50 bits per heavy atom. The van der Waals surface area contributed by atoms with Crippen molar-refractivity contribution in [1.82, 2.24) is 0 Å². The molecule has 0 fully saturated rings. The summed E-state index contributed by atoms with van der Waals surface area (Å²) >= 11 is 0. The number of unbranched alkanes of at least 4 members (excludes halogenated alkanes) is 1. The van der Waals surface area contributed by atoms with E-state index in [1.165, 1.54) is 0 Å². The quantitative estimate of drug-likeness (QED) is 0.450. The van der Waals surface area contributed by atoms with Gasteiger partial charge in [0.2, 0.25) is 0 Å². The summed E-state index contributed by atoms with van der Waals surface area (Å²) in [5.74, 6) is 7.30. The number of aliphatic hydroxyl groups excluding tert-OH is 1. The molecule has 0 bridgehead atoms. The predicted octanol–water partition coefficient (Wildman–Crippen LogP) is 0.952. The van der Waals surface area contributed by atoms with Crippen molar-refractivity contribution < 1.29 is 5.11 Å². The van der Waals surface area contributed by atoms with Gasteiger partial charge in [-0.1, -0.05) is 12.0 Å². The molecule has 1 nitrogen and oxygen atoms in total. The lowest BCUT2D eigenvalue weighted by Gasteiger charge is -1.83. The Balaban J connectivity index is 3.31. The van der Waals surface area contributed by atoms with E-state index in [4.69, 9.17) is 11.5 Å². The van der Waals surface area contributed by atoms with Gasteiger partial charge in [0, 0.05) is 6.61 Å². The van der Waals surface area contributed by atoms with Crippen molar-refractivity contribution in [2.24, 2.45) is 0 Å². The third-order valence-electron chi connectivity index (χ3n) is 0.874. The minimum atomic E-state index is 0.229. The second kappa shape index (κ2) is 7.82. The molecule has 0 aromatic rings. The maximum absolute atomic E-state index is 8.37. The summed E-state index contributed by atoms with van der Waals surface area (Å²) in [5.41, 5.74) is 0. The second-order valence-electron chi connectivity index (χ2n) is 1.68. The maximum Gasteiger partial charge on any atom is 0.0433 e. The molecule has 0 aromatic heterocycles. The van der Waals surface area contributed by atoms with Gasteiger partial charge in [-0.2, -0.15) is 0 Å². The van der Waals surface area contributed by atoms with Crippen LogP contribution < -0.4 is 0 Å². The van der Waals surface area contributed by atoms with E-state index in [9.17, 15) is 0 Å². The van der Waals surface area contributed by atoms with Crippen LogP contribution >= 0.6 is 0 Å². The Morgan fingerprint density at radius 2 is 2.30 bits per heavy atom. The molecule has 0 aromatic carbocycles. The number of terminal acetylenes is 1. The average Bonchev–Trinajstić information content (AvgIpc) is 1.97. The average molecular weight is 134 g/mol. The summed E-state index contributed by atoms with van der Waals surface area (Å²) in [6.45, 7) is 0.229. The monoisotopic (exact) mass is 134 g/mol. The number of hydrogen-bond acceptors (Lipinski definition) is 1.